The van der Waals surface area contributed by atoms with Crippen molar-refractivity contribution in [2.24, 2.45) is 0 Å². The fourth-order valence-electron chi connectivity index (χ4n) is 1.92. The molecule has 1 saturated carbocycles. The van der Waals surface area contributed by atoms with E-state index in [1.54, 1.807) is 0 Å². The van der Waals surface area contributed by atoms with E-state index in [9.17, 15) is 13.2 Å². The smallest absolute Gasteiger partial charge is 0.325 e. The van der Waals surface area contributed by atoms with Gasteiger partial charge in [0, 0.05) is 18.8 Å². The average Bonchev–Trinajstić information content (AvgIpc) is 3.04. The normalized spacial score (nSPS) is 15.9. The fourth-order valence-corrected chi connectivity index (χ4v) is 3.65. The molecule has 8 heteroatoms. The first-order valence-electron chi connectivity index (χ1n) is 6.21. The molecule has 0 amide bonds. The lowest BCUT2D eigenvalue weighted by Gasteiger charge is -2.19. The van der Waals surface area contributed by atoms with E-state index in [0.717, 1.165) is 23.9 Å². The zero-order valence-corrected chi connectivity index (χ0v) is 11.5. The number of aliphatic carboxylic acids is 1. The maximum atomic E-state index is 12.4. The van der Waals surface area contributed by atoms with E-state index in [0.29, 0.717) is 6.54 Å². The van der Waals surface area contributed by atoms with Crippen molar-refractivity contribution in [2.75, 3.05) is 6.54 Å². The summed E-state index contributed by atoms with van der Waals surface area (Å²) in [4.78, 5) is 10.6. The third-order valence-corrected chi connectivity index (χ3v) is 4.82. The highest BCUT2D eigenvalue weighted by Gasteiger charge is 2.37. The van der Waals surface area contributed by atoms with Crippen molar-refractivity contribution in [3.05, 3.63) is 12.4 Å². The molecule has 0 radical (unpaired) electrons. The van der Waals surface area contributed by atoms with Crippen LogP contribution in [0.2, 0.25) is 0 Å². The largest absolute Gasteiger partial charge is 0.480 e. The van der Waals surface area contributed by atoms with Crippen molar-refractivity contribution < 1.29 is 18.3 Å². The maximum absolute atomic E-state index is 12.4. The second kappa shape index (κ2) is 5.30. The number of aromatic nitrogens is 2. The number of carboxylic acid groups (broad SMARTS) is 1. The lowest BCUT2D eigenvalue weighted by molar-refractivity contribution is -0.137. The Kier molecular flexibility index (Phi) is 3.91. The van der Waals surface area contributed by atoms with Crippen molar-refractivity contribution in [1.29, 1.82) is 0 Å². The summed E-state index contributed by atoms with van der Waals surface area (Å²) < 4.78 is 27.5. The molecular formula is C11H17N3O4S. The summed E-state index contributed by atoms with van der Waals surface area (Å²) in [7, 11) is -3.56. The second-order valence-electron chi connectivity index (χ2n) is 4.61. The number of nitrogens with zero attached hydrogens (tertiary/aromatic N) is 3. The predicted octanol–water partition coefficient (Wildman–Crippen LogP) is 0.531. The monoisotopic (exact) mass is 287 g/mol. The van der Waals surface area contributed by atoms with Crippen LogP contribution in [0.5, 0.6) is 0 Å². The number of carbonyl (C=O) groups is 1. The molecule has 1 aliphatic rings. The second-order valence-corrected chi connectivity index (χ2v) is 6.50. The highest BCUT2D eigenvalue weighted by molar-refractivity contribution is 7.89. The molecule has 1 heterocycles. The first kappa shape index (κ1) is 14.0. The molecule has 7 nitrogen and oxygen atoms in total. The minimum atomic E-state index is -3.56. The van der Waals surface area contributed by atoms with Crippen molar-refractivity contribution >= 4 is 16.0 Å². The molecule has 0 atom stereocenters. The van der Waals surface area contributed by atoms with Gasteiger partial charge in [0.05, 0.1) is 6.20 Å². The van der Waals surface area contributed by atoms with E-state index in [-0.39, 0.29) is 17.5 Å². The van der Waals surface area contributed by atoms with Crippen LogP contribution in [0, 0.1) is 0 Å². The predicted molar refractivity (Wildman–Crippen MR) is 67.1 cm³/mol. The third kappa shape index (κ3) is 3.13. The van der Waals surface area contributed by atoms with Crippen LogP contribution in [0.1, 0.15) is 26.2 Å². The Morgan fingerprint density at radius 3 is 2.79 bits per heavy atom. The van der Waals surface area contributed by atoms with Crippen molar-refractivity contribution in [2.45, 2.75) is 43.7 Å². The van der Waals surface area contributed by atoms with Gasteiger partial charge in [-0.15, -0.1) is 0 Å². The number of sulfonamides is 1. The third-order valence-electron chi connectivity index (χ3n) is 2.91. The van der Waals surface area contributed by atoms with Gasteiger partial charge >= 0.3 is 5.97 Å². The van der Waals surface area contributed by atoms with Crippen LogP contribution in [0.25, 0.3) is 0 Å². The molecule has 0 saturated heterocycles. The number of rotatable bonds is 7. The Morgan fingerprint density at radius 2 is 2.26 bits per heavy atom. The Morgan fingerprint density at radius 1 is 1.58 bits per heavy atom. The fraction of sp³-hybridized carbons (Fsp3) is 0.636. The summed E-state index contributed by atoms with van der Waals surface area (Å²) in [5.74, 6) is -1.06. The molecule has 106 valence electrons. The minimum absolute atomic E-state index is 0.0640. The van der Waals surface area contributed by atoms with Gasteiger partial charge in [0.15, 0.2) is 0 Å². The first-order valence-corrected chi connectivity index (χ1v) is 7.65. The highest BCUT2D eigenvalue weighted by atomic mass is 32.2. The lowest BCUT2D eigenvalue weighted by Crippen LogP contribution is -2.33. The minimum Gasteiger partial charge on any atom is -0.480 e. The Hall–Kier alpha value is -1.41. The quantitative estimate of drug-likeness (QED) is 0.789. The molecule has 0 aliphatic heterocycles. The van der Waals surface area contributed by atoms with E-state index in [1.165, 1.54) is 16.7 Å². The van der Waals surface area contributed by atoms with E-state index in [1.807, 2.05) is 6.92 Å². The van der Waals surface area contributed by atoms with Gasteiger partial charge in [-0.05, 0) is 19.3 Å². The van der Waals surface area contributed by atoms with E-state index < -0.39 is 16.0 Å². The Labute approximate surface area is 111 Å². The Bertz CT molecular complexity index is 562. The van der Waals surface area contributed by atoms with Gasteiger partial charge in [-0.2, -0.15) is 9.40 Å². The van der Waals surface area contributed by atoms with Gasteiger partial charge < -0.3 is 5.11 Å². The van der Waals surface area contributed by atoms with Crippen LogP contribution in [-0.2, 0) is 21.4 Å². The average molecular weight is 287 g/mol. The molecular weight excluding hydrogens is 270 g/mol. The van der Waals surface area contributed by atoms with Crippen molar-refractivity contribution in [1.82, 2.24) is 14.1 Å². The Balaban J connectivity index is 2.22. The first-order chi connectivity index (χ1) is 8.95. The molecule has 2 rings (SSSR count). The molecule has 1 aliphatic carbocycles. The zero-order valence-electron chi connectivity index (χ0n) is 10.7. The van der Waals surface area contributed by atoms with Crippen LogP contribution in [-0.4, -0.2) is 46.2 Å². The molecule has 0 bridgehead atoms. The summed E-state index contributed by atoms with van der Waals surface area (Å²) in [6.07, 6.45) is 5.02. The molecule has 19 heavy (non-hydrogen) atoms. The number of hydrogen-bond donors (Lipinski definition) is 1. The lowest BCUT2D eigenvalue weighted by atomic mass is 10.5. The number of carboxylic acids is 1. The van der Waals surface area contributed by atoms with E-state index in [4.69, 9.17) is 5.11 Å². The summed E-state index contributed by atoms with van der Waals surface area (Å²) in [6, 6.07) is 0.0905. The van der Waals surface area contributed by atoms with Crippen LogP contribution in [0.4, 0.5) is 0 Å². The van der Waals surface area contributed by atoms with Gasteiger partial charge in [0.25, 0.3) is 0 Å². The number of hydrogen-bond acceptors (Lipinski definition) is 4. The summed E-state index contributed by atoms with van der Waals surface area (Å²) in [5.41, 5.74) is 0. The summed E-state index contributed by atoms with van der Waals surface area (Å²) in [5, 5.41) is 12.4. The van der Waals surface area contributed by atoms with Gasteiger partial charge in [0.2, 0.25) is 10.0 Å². The SMILES string of the molecule is CCCN(C1CC1)S(=O)(=O)c1cnn(CC(=O)O)c1. The topological polar surface area (TPSA) is 92.5 Å². The highest BCUT2D eigenvalue weighted by Crippen LogP contribution is 2.31. The molecule has 1 N–H and O–H groups in total. The standard InChI is InChI=1S/C11H17N3O4S/c1-2-5-14(9-3-4-9)19(17,18)10-6-12-13(7-10)8-11(15)16/h6-7,9H,2-5,8H2,1H3,(H,15,16). The summed E-state index contributed by atoms with van der Waals surface area (Å²) >= 11 is 0. The van der Waals surface area contributed by atoms with Crippen LogP contribution in [0.3, 0.4) is 0 Å². The van der Waals surface area contributed by atoms with Gasteiger partial charge in [-0.1, -0.05) is 6.92 Å². The molecule has 1 aromatic heterocycles. The maximum Gasteiger partial charge on any atom is 0.325 e. The molecule has 0 aromatic carbocycles. The van der Waals surface area contributed by atoms with E-state index in [2.05, 4.69) is 5.10 Å². The van der Waals surface area contributed by atoms with Crippen molar-refractivity contribution in [3.63, 3.8) is 0 Å². The summed E-state index contributed by atoms with van der Waals surface area (Å²) in [6.45, 7) is 2.07. The molecule has 1 fully saturated rings. The molecule has 0 unspecified atom stereocenters. The molecule has 0 spiro atoms. The van der Waals surface area contributed by atoms with E-state index >= 15 is 0 Å². The van der Waals surface area contributed by atoms with Crippen LogP contribution >= 0.6 is 0 Å². The van der Waals surface area contributed by atoms with Crippen LogP contribution < -0.4 is 0 Å². The van der Waals surface area contributed by atoms with Crippen LogP contribution in [0.15, 0.2) is 17.3 Å². The van der Waals surface area contributed by atoms with Gasteiger partial charge in [0.1, 0.15) is 11.4 Å². The van der Waals surface area contributed by atoms with Crippen molar-refractivity contribution in [3.8, 4) is 0 Å². The van der Waals surface area contributed by atoms with Gasteiger partial charge in [-0.25, -0.2) is 8.42 Å². The van der Waals surface area contributed by atoms with Gasteiger partial charge in [-0.3, -0.25) is 9.48 Å². The molecule has 1 aromatic rings. The zero-order chi connectivity index (χ0) is 14.0.